The molecule has 0 radical (unpaired) electrons. The van der Waals surface area contributed by atoms with Gasteiger partial charge in [0.1, 0.15) is 12.4 Å². The SMILES string of the molecule is FC(F)(F)COCCc1nc(C2CC2)n[nH]1. The van der Waals surface area contributed by atoms with Crippen LogP contribution in [-0.4, -0.2) is 34.6 Å². The van der Waals surface area contributed by atoms with E-state index in [9.17, 15) is 13.2 Å². The molecule has 16 heavy (non-hydrogen) atoms. The Balaban J connectivity index is 1.68. The number of nitrogens with zero attached hydrogens (tertiary/aromatic N) is 2. The molecule has 1 aromatic heterocycles. The minimum absolute atomic E-state index is 0.00118. The van der Waals surface area contributed by atoms with Crippen LogP contribution in [0.1, 0.15) is 30.4 Å². The Bertz CT molecular complexity index is 346. The predicted octanol–water partition coefficient (Wildman–Crippen LogP) is 1.80. The van der Waals surface area contributed by atoms with Crippen LogP contribution in [0.25, 0.3) is 0 Å². The van der Waals surface area contributed by atoms with Crippen molar-refractivity contribution in [2.75, 3.05) is 13.2 Å². The average molecular weight is 235 g/mol. The van der Waals surface area contributed by atoms with E-state index >= 15 is 0 Å². The molecule has 0 amide bonds. The smallest absolute Gasteiger partial charge is 0.372 e. The highest BCUT2D eigenvalue weighted by atomic mass is 19.4. The Morgan fingerprint density at radius 3 is 2.75 bits per heavy atom. The summed E-state index contributed by atoms with van der Waals surface area (Å²) in [6.45, 7) is -1.21. The lowest BCUT2D eigenvalue weighted by Gasteiger charge is -2.05. The van der Waals surface area contributed by atoms with E-state index in [1.165, 1.54) is 0 Å². The third-order valence-corrected chi connectivity index (χ3v) is 2.24. The lowest BCUT2D eigenvalue weighted by Crippen LogP contribution is -2.18. The van der Waals surface area contributed by atoms with E-state index in [4.69, 9.17) is 0 Å². The lowest BCUT2D eigenvalue weighted by atomic mass is 10.4. The van der Waals surface area contributed by atoms with E-state index in [-0.39, 0.29) is 6.61 Å². The van der Waals surface area contributed by atoms with Gasteiger partial charge in [0.15, 0.2) is 5.82 Å². The van der Waals surface area contributed by atoms with Gasteiger partial charge in [-0.2, -0.15) is 18.3 Å². The number of nitrogens with one attached hydrogen (secondary N) is 1. The van der Waals surface area contributed by atoms with Crippen molar-refractivity contribution in [1.82, 2.24) is 15.2 Å². The molecule has 7 heteroatoms. The van der Waals surface area contributed by atoms with Gasteiger partial charge in [0.05, 0.1) is 6.61 Å². The van der Waals surface area contributed by atoms with Gasteiger partial charge in [0, 0.05) is 12.3 Å². The maximum absolute atomic E-state index is 11.7. The number of aromatic nitrogens is 3. The summed E-state index contributed by atoms with van der Waals surface area (Å²) in [6.07, 6.45) is -1.74. The normalized spacial score (nSPS) is 16.7. The molecule has 0 saturated heterocycles. The molecule has 1 heterocycles. The molecule has 1 aromatic rings. The van der Waals surface area contributed by atoms with E-state index < -0.39 is 12.8 Å². The molecule has 0 aliphatic heterocycles. The number of rotatable bonds is 5. The summed E-state index contributed by atoms with van der Waals surface area (Å²) >= 11 is 0. The first-order valence-electron chi connectivity index (χ1n) is 5.10. The van der Waals surface area contributed by atoms with Gasteiger partial charge >= 0.3 is 6.18 Å². The molecule has 0 spiro atoms. The van der Waals surface area contributed by atoms with Crippen molar-refractivity contribution in [2.45, 2.75) is 31.4 Å². The molecule has 0 unspecified atom stereocenters. The number of alkyl halides is 3. The Labute approximate surface area is 90.2 Å². The van der Waals surface area contributed by atoms with Crippen LogP contribution in [-0.2, 0) is 11.2 Å². The molecule has 1 saturated carbocycles. The van der Waals surface area contributed by atoms with Gasteiger partial charge in [-0.3, -0.25) is 5.10 Å². The third kappa shape index (κ3) is 3.48. The highest BCUT2D eigenvalue weighted by Crippen LogP contribution is 2.37. The maximum Gasteiger partial charge on any atom is 0.411 e. The summed E-state index contributed by atoms with van der Waals surface area (Å²) in [6, 6.07) is 0. The van der Waals surface area contributed by atoms with Crippen LogP contribution in [0.5, 0.6) is 0 Å². The summed E-state index contributed by atoms with van der Waals surface area (Å²) in [4.78, 5) is 4.18. The standard InChI is InChI=1S/C9H12F3N3O/c10-9(11,12)5-16-4-3-7-13-8(15-14-7)6-1-2-6/h6H,1-5H2,(H,13,14,15). The monoisotopic (exact) mass is 235 g/mol. The molecule has 1 aliphatic rings. The molecule has 0 aromatic carbocycles. The largest absolute Gasteiger partial charge is 0.411 e. The second-order valence-corrected chi connectivity index (χ2v) is 3.83. The highest BCUT2D eigenvalue weighted by molar-refractivity contribution is 5.04. The fourth-order valence-corrected chi connectivity index (χ4v) is 1.30. The molecule has 90 valence electrons. The van der Waals surface area contributed by atoms with E-state index in [2.05, 4.69) is 19.9 Å². The van der Waals surface area contributed by atoms with Crippen molar-refractivity contribution in [3.8, 4) is 0 Å². The quantitative estimate of drug-likeness (QED) is 0.792. The van der Waals surface area contributed by atoms with Crippen LogP contribution in [0.2, 0.25) is 0 Å². The number of hydrogen-bond donors (Lipinski definition) is 1. The van der Waals surface area contributed by atoms with Crippen LogP contribution < -0.4 is 0 Å². The minimum Gasteiger partial charge on any atom is -0.372 e. The topological polar surface area (TPSA) is 50.8 Å². The summed E-state index contributed by atoms with van der Waals surface area (Å²) < 4.78 is 39.7. The van der Waals surface area contributed by atoms with E-state index in [1.54, 1.807) is 0 Å². The highest BCUT2D eigenvalue weighted by Gasteiger charge is 2.28. The summed E-state index contributed by atoms with van der Waals surface area (Å²) in [5.41, 5.74) is 0. The van der Waals surface area contributed by atoms with Crippen molar-refractivity contribution >= 4 is 0 Å². The minimum atomic E-state index is -4.26. The van der Waals surface area contributed by atoms with Gasteiger partial charge in [0.2, 0.25) is 0 Å². The van der Waals surface area contributed by atoms with Crippen LogP contribution in [0.15, 0.2) is 0 Å². The van der Waals surface area contributed by atoms with Crippen LogP contribution in [0.3, 0.4) is 0 Å². The number of halogens is 3. The van der Waals surface area contributed by atoms with Gasteiger partial charge < -0.3 is 4.74 Å². The zero-order valence-corrected chi connectivity index (χ0v) is 8.55. The lowest BCUT2D eigenvalue weighted by molar-refractivity contribution is -0.173. The van der Waals surface area contributed by atoms with Crippen LogP contribution in [0, 0.1) is 0 Å². The molecule has 1 aliphatic carbocycles. The van der Waals surface area contributed by atoms with E-state index in [1.807, 2.05) is 0 Å². The summed E-state index contributed by atoms with van der Waals surface area (Å²) in [5, 5.41) is 6.69. The Hall–Kier alpha value is -1.11. The fraction of sp³-hybridized carbons (Fsp3) is 0.778. The second-order valence-electron chi connectivity index (χ2n) is 3.83. The molecular formula is C9H12F3N3O. The van der Waals surface area contributed by atoms with Gasteiger partial charge in [0.25, 0.3) is 0 Å². The maximum atomic E-state index is 11.7. The molecule has 4 nitrogen and oxygen atoms in total. The molecule has 0 bridgehead atoms. The second kappa shape index (κ2) is 4.40. The number of hydrogen-bond acceptors (Lipinski definition) is 3. The number of aromatic amines is 1. The van der Waals surface area contributed by atoms with Gasteiger partial charge in [-0.05, 0) is 12.8 Å². The fourth-order valence-electron chi connectivity index (χ4n) is 1.30. The molecule has 0 atom stereocenters. The van der Waals surface area contributed by atoms with Gasteiger partial charge in [-0.1, -0.05) is 0 Å². The van der Waals surface area contributed by atoms with Crippen molar-refractivity contribution in [3.05, 3.63) is 11.6 Å². The third-order valence-electron chi connectivity index (χ3n) is 2.24. The van der Waals surface area contributed by atoms with Gasteiger partial charge in [-0.25, -0.2) is 4.98 Å². The van der Waals surface area contributed by atoms with E-state index in [0.717, 1.165) is 18.7 Å². The van der Waals surface area contributed by atoms with Crippen molar-refractivity contribution in [1.29, 1.82) is 0 Å². The Kier molecular flexibility index (Phi) is 3.13. The number of H-pyrrole nitrogens is 1. The zero-order valence-electron chi connectivity index (χ0n) is 8.55. The average Bonchev–Trinajstić information content (AvgIpc) is 2.93. The van der Waals surface area contributed by atoms with Crippen molar-refractivity contribution in [2.24, 2.45) is 0 Å². The first kappa shape index (κ1) is 11.4. The van der Waals surface area contributed by atoms with Crippen molar-refractivity contribution < 1.29 is 17.9 Å². The first-order chi connectivity index (χ1) is 7.54. The molecule has 1 fully saturated rings. The molecular weight excluding hydrogens is 223 g/mol. The van der Waals surface area contributed by atoms with Gasteiger partial charge in [-0.15, -0.1) is 0 Å². The zero-order chi connectivity index (χ0) is 11.6. The molecule has 2 rings (SSSR count). The summed E-state index contributed by atoms with van der Waals surface area (Å²) in [5.74, 6) is 1.80. The van der Waals surface area contributed by atoms with Crippen LogP contribution in [0.4, 0.5) is 13.2 Å². The van der Waals surface area contributed by atoms with Crippen LogP contribution >= 0.6 is 0 Å². The Morgan fingerprint density at radius 1 is 1.38 bits per heavy atom. The summed E-state index contributed by atoms with van der Waals surface area (Å²) in [7, 11) is 0. The first-order valence-corrected chi connectivity index (χ1v) is 5.10. The molecule has 1 N–H and O–H groups in total. The predicted molar refractivity (Wildman–Crippen MR) is 48.9 cm³/mol. The van der Waals surface area contributed by atoms with Crippen molar-refractivity contribution in [3.63, 3.8) is 0 Å². The van der Waals surface area contributed by atoms with E-state index in [0.29, 0.717) is 18.2 Å². The Morgan fingerprint density at radius 2 is 2.12 bits per heavy atom. The number of ether oxygens (including phenoxy) is 1.